The number of carboxylic acids is 1. The van der Waals surface area contributed by atoms with Crippen LogP contribution in [0.2, 0.25) is 0 Å². The molecule has 0 saturated heterocycles. The maximum Gasteiger partial charge on any atom is 0.306 e. The van der Waals surface area contributed by atoms with Gasteiger partial charge in [0.15, 0.2) is 12.4 Å². The van der Waals surface area contributed by atoms with Gasteiger partial charge in [-0.05, 0) is 122 Å². The van der Waals surface area contributed by atoms with Gasteiger partial charge >= 0.3 is 11.9 Å². The molecule has 0 radical (unpaired) electrons. The fraction of sp³-hybridized carbons (Fsp3) is 0.618. The lowest BCUT2D eigenvalue weighted by molar-refractivity contribution is -0.870. The predicted molar refractivity (Wildman–Crippen MR) is 361 cm³/mol. The third-order valence-electron chi connectivity index (χ3n) is 13.8. The summed E-state index contributed by atoms with van der Waals surface area (Å²) in [6.07, 6.45) is 93.0. The van der Waals surface area contributed by atoms with Crippen molar-refractivity contribution in [3.63, 3.8) is 0 Å². The molecule has 85 heavy (non-hydrogen) atoms. The van der Waals surface area contributed by atoms with E-state index in [0.717, 1.165) is 141 Å². The van der Waals surface area contributed by atoms with Gasteiger partial charge in [0.25, 0.3) is 0 Å². The highest BCUT2D eigenvalue weighted by atomic mass is 16.7. The lowest BCUT2D eigenvalue weighted by Crippen LogP contribution is -2.44. The van der Waals surface area contributed by atoms with Crippen molar-refractivity contribution in [2.75, 3.05) is 47.5 Å². The molecule has 0 aromatic carbocycles. The number of ether oxygens (including phenoxy) is 4. The number of rotatable bonds is 60. The number of allylic oxidation sites excluding steroid dienone is 26. The first-order valence-electron chi connectivity index (χ1n) is 33.6. The van der Waals surface area contributed by atoms with Gasteiger partial charge in [0.05, 0.1) is 40.3 Å². The number of hydrogen-bond acceptors (Lipinski definition) is 8. The summed E-state index contributed by atoms with van der Waals surface area (Å²) in [6, 6.07) is 0. The summed E-state index contributed by atoms with van der Waals surface area (Å²) in [7, 11) is 5.91. The Bertz CT molecular complexity index is 1950. The highest BCUT2D eigenvalue weighted by Gasteiger charge is 2.22. The lowest BCUT2D eigenvalue weighted by Gasteiger charge is -2.26. The van der Waals surface area contributed by atoms with E-state index in [1.165, 1.54) is 64.2 Å². The van der Waals surface area contributed by atoms with Crippen LogP contribution >= 0.6 is 0 Å². The van der Waals surface area contributed by atoms with Crippen molar-refractivity contribution in [1.29, 1.82) is 0 Å². The molecule has 9 heteroatoms. The van der Waals surface area contributed by atoms with Gasteiger partial charge in [-0.3, -0.25) is 9.59 Å². The number of esters is 2. The van der Waals surface area contributed by atoms with Crippen molar-refractivity contribution >= 4 is 17.9 Å². The number of nitrogens with zero attached hydrogens (tertiary/aromatic N) is 1. The maximum absolute atomic E-state index is 12.9. The zero-order valence-electron chi connectivity index (χ0n) is 54.7. The highest BCUT2D eigenvalue weighted by molar-refractivity contribution is 5.70. The second-order valence-corrected chi connectivity index (χ2v) is 23.0. The highest BCUT2D eigenvalue weighted by Crippen LogP contribution is 2.16. The molecule has 0 aromatic rings. The van der Waals surface area contributed by atoms with E-state index >= 15 is 0 Å². The Labute approximate surface area is 521 Å². The van der Waals surface area contributed by atoms with Crippen molar-refractivity contribution in [2.45, 2.75) is 257 Å². The molecule has 480 valence electrons. The Hall–Kier alpha value is -5.09. The zero-order chi connectivity index (χ0) is 61.9. The molecule has 0 heterocycles. The van der Waals surface area contributed by atoms with Crippen molar-refractivity contribution in [1.82, 2.24) is 0 Å². The average Bonchev–Trinajstić information content (AvgIpc) is 3.48. The molecule has 0 rings (SSSR count). The van der Waals surface area contributed by atoms with Gasteiger partial charge in [-0.1, -0.05) is 268 Å². The van der Waals surface area contributed by atoms with Crippen LogP contribution in [0.5, 0.6) is 0 Å². The van der Waals surface area contributed by atoms with Crippen molar-refractivity contribution < 1.29 is 42.9 Å². The van der Waals surface area contributed by atoms with Crippen LogP contribution in [0, 0.1) is 0 Å². The average molecular weight is 1180 g/mol. The van der Waals surface area contributed by atoms with Crippen LogP contribution < -0.4 is 5.11 Å². The third kappa shape index (κ3) is 66.3. The SMILES string of the molecule is CC/C=C\C/C=C\C/C=C\C/C=C\C/C=C\C/C=C\C/C=C\CCCCCCCCCCCCCCCC(=O)OC(COC(=O)CCCCCCCC/C=C\C/C=C\C/C=C\C/C=C\C/C=C\C/C=C\CC)COC(OCC[N+](C)(C)C)C(=O)[O-]. The van der Waals surface area contributed by atoms with Gasteiger partial charge in [-0.25, -0.2) is 0 Å². The van der Waals surface area contributed by atoms with E-state index in [-0.39, 0.29) is 38.6 Å². The lowest BCUT2D eigenvalue weighted by atomic mass is 10.0. The van der Waals surface area contributed by atoms with E-state index in [0.29, 0.717) is 23.9 Å². The standard InChI is InChI=1S/C76H123NO8/c1-6-8-10-12-14-16-18-20-22-24-26-28-30-32-33-34-35-36-37-38-39-40-41-43-45-47-49-51-53-55-57-59-61-63-65-67-74(79)85-72(71-84-76(75(80)81)82-69-68-77(3,4)5)70-83-73(78)66-64-62-60-58-56-54-52-50-48-46-44-42-31-29-27-25-23-21-19-17-15-13-11-9-7-2/h8-11,14-17,20-23,26-29,32-33,35-36,38-39,42,44,48,50,72,76H,6-7,12-13,18-19,24-25,30-31,34,37,40-41,43,45-47,49,51-71H2,1-5H3/b10-8-,11-9-,16-14-,17-15-,22-20-,23-21-,28-26-,29-27-,33-32-,36-35-,39-38-,44-42-,50-48-. The first-order valence-corrected chi connectivity index (χ1v) is 33.6. The Morgan fingerprint density at radius 3 is 0.941 bits per heavy atom. The molecule has 0 fully saturated rings. The minimum Gasteiger partial charge on any atom is -0.545 e. The van der Waals surface area contributed by atoms with Crippen LogP contribution in [-0.2, 0) is 33.3 Å². The monoisotopic (exact) mass is 1180 g/mol. The third-order valence-corrected chi connectivity index (χ3v) is 13.8. The first-order chi connectivity index (χ1) is 41.6. The second kappa shape index (κ2) is 64.9. The summed E-state index contributed by atoms with van der Waals surface area (Å²) in [6.45, 7) is 4.49. The van der Waals surface area contributed by atoms with E-state index in [1.54, 1.807) is 0 Å². The molecule has 2 unspecified atom stereocenters. The van der Waals surface area contributed by atoms with Crippen LogP contribution in [0.25, 0.3) is 0 Å². The van der Waals surface area contributed by atoms with Crippen LogP contribution in [0.3, 0.4) is 0 Å². The van der Waals surface area contributed by atoms with Crippen molar-refractivity contribution in [3.8, 4) is 0 Å². The van der Waals surface area contributed by atoms with E-state index in [4.69, 9.17) is 18.9 Å². The molecular weight excluding hydrogens is 1050 g/mol. The summed E-state index contributed by atoms with van der Waals surface area (Å²) >= 11 is 0. The van der Waals surface area contributed by atoms with E-state index in [1.807, 2.05) is 21.1 Å². The molecular formula is C76H123NO8. The quantitative estimate of drug-likeness (QED) is 0.0195. The molecule has 0 aliphatic heterocycles. The smallest absolute Gasteiger partial charge is 0.306 e. The summed E-state index contributed by atoms with van der Waals surface area (Å²) in [5.41, 5.74) is 0. The molecule has 0 aliphatic carbocycles. The van der Waals surface area contributed by atoms with Gasteiger partial charge in [0.2, 0.25) is 0 Å². The molecule has 0 bridgehead atoms. The van der Waals surface area contributed by atoms with Crippen LogP contribution in [0.1, 0.15) is 245 Å². The summed E-state index contributed by atoms with van der Waals surface area (Å²) < 4.78 is 22.8. The molecule has 0 amide bonds. The fourth-order valence-corrected chi connectivity index (χ4v) is 8.70. The van der Waals surface area contributed by atoms with E-state index < -0.39 is 24.3 Å². The van der Waals surface area contributed by atoms with E-state index in [2.05, 4.69) is 172 Å². The number of quaternary nitrogens is 1. The van der Waals surface area contributed by atoms with Gasteiger partial charge in [0, 0.05) is 12.8 Å². The number of likely N-dealkylation sites (N-methyl/N-ethyl adjacent to an activating group) is 1. The normalized spacial score (nSPS) is 13.8. The number of carboxylic acid groups (broad SMARTS) is 1. The number of aliphatic carboxylic acids is 1. The topological polar surface area (TPSA) is 111 Å². The van der Waals surface area contributed by atoms with Crippen molar-refractivity contribution in [2.24, 2.45) is 0 Å². The number of unbranched alkanes of at least 4 members (excludes halogenated alkanes) is 19. The van der Waals surface area contributed by atoms with Gasteiger partial charge in [-0.15, -0.1) is 0 Å². The van der Waals surface area contributed by atoms with Crippen molar-refractivity contribution in [3.05, 3.63) is 158 Å². The Morgan fingerprint density at radius 1 is 0.353 bits per heavy atom. The first kappa shape index (κ1) is 79.9. The van der Waals surface area contributed by atoms with Crippen LogP contribution in [0.4, 0.5) is 0 Å². The Morgan fingerprint density at radius 2 is 0.635 bits per heavy atom. The van der Waals surface area contributed by atoms with Crippen LogP contribution in [0.15, 0.2) is 158 Å². The Kier molecular flexibility index (Phi) is 61.0. The summed E-state index contributed by atoms with van der Waals surface area (Å²) in [4.78, 5) is 37.5. The number of hydrogen-bond donors (Lipinski definition) is 0. The molecule has 0 aliphatic rings. The molecule has 0 spiro atoms. The second-order valence-electron chi connectivity index (χ2n) is 23.0. The van der Waals surface area contributed by atoms with Gasteiger partial charge < -0.3 is 33.3 Å². The van der Waals surface area contributed by atoms with E-state index in [9.17, 15) is 19.5 Å². The molecule has 2 atom stereocenters. The molecule has 0 N–H and O–H groups in total. The van der Waals surface area contributed by atoms with Crippen LogP contribution in [-0.4, -0.2) is 82.3 Å². The number of carbonyl (C=O) groups excluding carboxylic acids is 3. The fourth-order valence-electron chi connectivity index (χ4n) is 8.70. The van der Waals surface area contributed by atoms with Gasteiger partial charge in [-0.2, -0.15) is 0 Å². The predicted octanol–water partition coefficient (Wildman–Crippen LogP) is 19.6. The molecule has 0 aromatic heterocycles. The summed E-state index contributed by atoms with van der Waals surface area (Å²) in [5.74, 6) is -2.32. The largest absolute Gasteiger partial charge is 0.545 e. The Balaban J connectivity index is 4.21. The zero-order valence-corrected chi connectivity index (χ0v) is 54.7. The maximum atomic E-state index is 12.9. The minimum atomic E-state index is -1.64. The summed E-state index contributed by atoms with van der Waals surface area (Å²) in [5, 5.41) is 11.8. The molecule has 9 nitrogen and oxygen atoms in total. The van der Waals surface area contributed by atoms with Gasteiger partial charge in [0.1, 0.15) is 13.2 Å². The number of carbonyl (C=O) groups is 3. The minimum absolute atomic E-state index is 0.137. The molecule has 0 saturated carbocycles.